The minimum absolute atomic E-state index is 0.317. The van der Waals surface area contributed by atoms with Crippen LogP contribution < -0.4 is 19.3 Å². The highest BCUT2D eigenvalue weighted by Crippen LogP contribution is 2.39. The molecule has 0 N–H and O–H groups in total. The first kappa shape index (κ1) is 22.1. The Labute approximate surface area is 193 Å². The van der Waals surface area contributed by atoms with E-state index in [0.717, 1.165) is 5.69 Å². The van der Waals surface area contributed by atoms with E-state index in [1.165, 1.54) is 4.90 Å². The second-order valence-electron chi connectivity index (χ2n) is 7.38. The maximum Gasteiger partial charge on any atom is 0.282 e. The van der Waals surface area contributed by atoms with Crippen LogP contribution in [-0.2, 0) is 9.59 Å². The Bertz CT molecular complexity index is 1190. The van der Waals surface area contributed by atoms with E-state index in [0.29, 0.717) is 47.2 Å². The number of rotatable bonds is 8. The molecule has 33 heavy (non-hydrogen) atoms. The summed E-state index contributed by atoms with van der Waals surface area (Å²) in [7, 11) is 1.55. The first-order valence-corrected chi connectivity index (χ1v) is 10.9. The van der Waals surface area contributed by atoms with Crippen LogP contribution in [0.15, 0.2) is 84.6 Å². The van der Waals surface area contributed by atoms with Gasteiger partial charge in [-0.1, -0.05) is 36.4 Å². The number of ether oxygens (including phenoxy) is 2. The molecule has 0 aromatic heterocycles. The molecular formula is C27H26N2O4. The number of carbonyl (C=O) groups is 2. The molecule has 1 heterocycles. The molecule has 0 saturated heterocycles. The number of hydrogen-bond donors (Lipinski definition) is 0. The minimum atomic E-state index is -0.391. The van der Waals surface area contributed by atoms with E-state index in [-0.39, 0.29) is 5.91 Å². The lowest BCUT2D eigenvalue weighted by Crippen LogP contribution is -2.35. The van der Waals surface area contributed by atoms with Crippen molar-refractivity contribution >= 4 is 28.8 Å². The molecule has 3 aromatic rings. The Balaban J connectivity index is 1.88. The lowest BCUT2D eigenvalue weighted by Gasteiger charge is -2.25. The minimum Gasteiger partial charge on any atom is -0.496 e. The van der Waals surface area contributed by atoms with Crippen molar-refractivity contribution in [3.8, 4) is 11.5 Å². The highest BCUT2D eigenvalue weighted by molar-refractivity contribution is 6.46. The van der Waals surface area contributed by atoms with Gasteiger partial charge in [0.2, 0.25) is 0 Å². The van der Waals surface area contributed by atoms with Crippen LogP contribution in [0.4, 0.5) is 11.4 Å². The average molecular weight is 443 g/mol. The summed E-state index contributed by atoms with van der Waals surface area (Å²) in [5.41, 5.74) is 2.54. The van der Waals surface area contributed by atoms with Crippen LogP contribution in [0, 0.1) is 0 Å². The molecule has 3 aromatic carbocycles. The van der Waals surface area contributed by atoms with Gasteiger partial charge < -0.3 is 14.4 Å². The summed E-state index contributed by atoms with van der Waals surface area (Å²) in [6, 6.07) is 23.8. The van der Waals surface area contributed by atoms with E-state index in [4.69, 9.17) is 9.47 Å². The number of amides is 2. The van der Waals surface area contributed by atoms with Crippen LogP contribution in [-0.4, -0.2) is 32.1 Å². The molecule has 0 saturated carbocycles. The number of carbonyl (C=O) groups excluding carboxylic acids is 2. The fraction of sp³-hybridized carbons (Fsp3) is 0.185. The summed E-state index contributed by atoms with van der Waals surface area (Å²) < 4.78 is 11.0. The van der Waals surface area contributed by atoms with E-state index < -0.39 is 5.91 Å². The number of imide groups is 1. The molecule has 0 atom stereocenters. The van der Waals surface area contributed by atoms with E-state index in [2.05, 4.69) is 0 Å². The van der Waals surface area contributed by atoms with E-state index in [1.807, 2.05) is 61.2 Å². The summed E-state index contributed by atoms with van der Waals surface area (Å²) in [5.74, 6) is 0.440. The molecule has 0 fully saturated rings. The van der Waals surface area contributed by atoms with Gasteiger partial charge in [0.05, 0.1) is 25.0 Å². The summed E-state index contributed by atoms with van der Waals surface area (Å²) in [4.78, 5) is 30.7. The van der Waals surface area contributed by atoms with Gasteiger partial charge in [-0.05, 0) is 56.3 Å². The molecule has 0 aliphatic carbocycles. The third-order valence-corrected chi connectivity index (χ3v) is 5.50. The summed E-state index contributed by atoms with van der Waals surface area (Å²) >= 11 is 0. The molecule has 4 rings (SSSR count). The van der Waals surface area contributed by atoms with Gasteiger partial charge >= 0.3 is 0 Å². The van der Waals surface area contributed by atoms with Crippen molar-refractivity contribution in [1.82, 2.24) is 0 Å². The van der Waals surface area contributed by atoms with Gasteiger partial charge in [-0.15, -0.1) is 0 Å². The van der Waals surface area contributed by atoms with Crippen molar-refractivity contribution in [1.29, 1.82) is 0 Å². The van der Waals surface area contributed by atoms with Gasteiger partial charge in [0.1, 0.15) is 17.2 Å². The van der Waals surface area contributed by atoms with E-state index >= 15 is 0 Å². The molecule has 6 nitrogen and oxygen atoms in total. The number of anilines is 2. The van der Waals surface area contributed by atoms with Crippen LogP contribution in [0.25, 0.3) is 5.57 Å². The summed E-state index contributed by atoms with van der Waals surface area (Å²) in [6.45, 7) is 4.90. The quantitative estimate of drug-likeness (QED) is 0.464. The van der Waals surface area contributed by atoms with Crippen molar-refractivity contribution in [2.45, 2.75) is 13.8 Å². The van der Waals surface area contributed by atoms with Gasteiger partial charge in [-0.25, -0.2) is 4.90 Å². The highest BCUT2D eigenvalue weighted by Gasteiger charge is 2.43. The topological polar surface area (TPSA) is 59.1 Å². The SMILES string of the molecule is CCOc1ccc(N2C(=O)C(c3ccccc3OC)=C(N(CC)c3ccccc3)C2=O)cc1. The van der Waals surface area contributed by atoms with Crippen LogP contribution >= 0.6 is 0 Å². The molecular weight excluding hydrogens is 416 g/mol. The number of para-hydroxylation sites is 2. The largest absolute Gasteiger partial charge is 0.496 e. The predicted octanol–water partition coefficient (Wildman–Crippen LogP) is 4.90. The lowest BCUT2D eigenvalue weighted by atomic mass is 10.0. The molecule has 0 unspecified atom stereocenters. The molecule has 1 aliphatic rings. The zero-order valence-electron chi connectivity index (χ0n) is 18.9. The zero-order valence-corrected chi connectivity index (χ0v) is 18.9. The molecule has 6 heteroatoms. The van der Waals surface area contributed by atoms with Crippen LogP contribution in [0.1, 0.15) is 19.4 Å². The predicted molar refractivity (Wildman–Crippen MR) is 129 cm³/mol. The third-order valence-electron chi connectivity index (χ3n) is 5.50. The first-order chi connectivity index (χ1) is 16.1. The maximum absolute atomic E-state index is 13.8. The molecule has 0 bridgehead atoms. The Morgan fingerprint density at radius 2 is 1.48 bits per heavy atom. The standard InChI is InChI=1S/C27H26N2O4/c1-4-28(19-11-7-6-8-12-19)25-24(22-13-9-10-14-23(22)32-3)26(30)29(27(25)31)20-15-17-21(18-16-20)33-5-2/h6-18H,4-5H2,1-3H3. The first-order valence-electron chi connectivity index (χ1n) is 10.9. The van der Waals surface area contributed by atoms with Crippen molar-refractivity contribution in [2.24, 2.45) is 0 Å². The maximum atomic E-state index is 13.8. The number of nitrogens with zero attached hydrogens (tertiary/aromatic N) is 2. The van der Waals surface area contributed by atoms with Crippen LogP contribution in [0.2, 0.25) is 0 Å². The average Bonchev–Trinajstić information content (AvgIpc) is 3.11. The number of likely N-dealkylation sites (N-methyl/N-ethyl adjacent to an activating group) is 1. The van der Waals surface area contributed by atoms with Gasteiger partial charge in [-0.2, -0.15) is 0 Å². The fourth-order valence-electron chi connectivity index (χ4n) is 4.03. The Morgan fingerprint density at radius 3 is 2.12 bits per heavy atom. The molecule has 1 aliphatic heterocycles. The Morgan fingerprint density at radius 1 is 0.818 bits per heavy atom. The molecule has 0 radical (unpaired) electrons. The van der Waals surface area contributed by atoms with Crippen molar-refractivity contribution < 1.29 is 19.1 Å². The third kappa shape index (κ3) is 4.07. The second-order valence-corrected chi connectivity index (χ2v) is 7.38. The number of methoxy groups -OCH3 is 1. The van der Waals surface area contributed by atoms with Gasteiger partial charge in [0.25, 0.3) is 11.8 Å². The van der Waals surface area contributed by atoms with Crippen molar-refractivity contribution in [2.75, 3.05) is 30.1 Å². The number of benzene rings is 3. The van der Waals surface area contributed by atoms with Gasteiger partial charge in [0.15, 0.2) is 0 Å². The molecule has 168 valence electrons. The van der Waals surface area contributed by atoms with Crippen molar-refractivity contribution in [3.63, 3.8) is 0 Å². The lowest BCUT2D eigenvalue weighted by molar-refractivity contribution is -0.120. The fourth-order valence-corrected chi connectivity index (χ4v) is 4.03. The van der Waals surface area contributed by atoms with Gasteiger partial charge in [-0.3, -0.25) is 9.59 Å². The zero-order chi connectivity index (χ0) is 23.4. The molecule has 2 amide bonds. The second kappa shape index (κ2) is 9.61. The number of hydrogen-bond acceptors (Lipinski definition) is 5. The van der Waals surface area contributed by atoms with Crippen LogP contribution in [0.3, 0.4) is 0 Å². The monoisotopic (exact) mass is 442 g/mol. The summed E-state index contributed by atoms with van der Waals surface area (Å²) in [5, 5.41) is 0. The smallest absolute Gasteiger partial charge is 0.282 e. The van der Waals surface area contributed by atoms with E-state index in [9.17, 15) is 9.59 Å². The molecule has 0 spiro atoms. The van der Waals surface area contributed by atoms with Crippen LogP contribution in [0.5, 0.6) is 11.5 Å². The summed E-state index contributed by atoms with van der Waals surface area (Å²) in [6.07, 6.45) is 0. The highest BCUT2D eigenvalue weighted by atomic mass is 16.5. The van der Waals surface area contributed by atoms with E-state index in [1.54, 1.807) is 43.5 Å². The van der Waals surface area contributed by atoms with Crippen molar-refractivity contribution in [3.05, 3.63) is 90.1 Å². The normalized spacial score (nSPS) is 13.5. The Kier molecular flexibility index (Phi) is 6.45. The van der Waals surface area contributed by atoms with Gasteiger partial charge in [0, 0.05) is 17.8 Å². The Hall–Kier alpha value is -4.06.